The van der Waals surface area contributed by atoms with Crippen molar-refractivity contribution in [2.24, 2.45) is 0 Å². The molecule has 0 radical (unpaired) electrons. The van der Waals surface area contributed by atoms with Gasteiger partial charge in [-0.05, 0) is 54.2 Å². The first-order chi connectivity index (χ1) is 13.1. The summed E-state index contributed by atoms with van der Waals surface area (Å²) in [6.07, 6.45) is 1.39. The minimum Gasteiger partial charge on any atom is -0.312 e. The van der Waals surface area contributed by atoms with E-state index in [9.17, 15) is 13.2 Å². The number of sulfonamides is 1. The van der Waals surface area contributed by atoms with E-state index in [0.29, 0.717) is 13.0 Å². The summed E-state index contributed by atoms with van der Waals surface area (Å²) in [4.78, 5) is 13.7. The van der Waals surface area contributed by atoms with Crippen LogP contribution in [-0.4, -0.2) is 20.9 Å². The summed E-state index contributed by atoms with van der Waals surface area (Å²) in [5.74, 6) is 0.0843. The van der Waals surface area contributed by atoms with Crippen LogP contribution in [0.5, 0.6) is 0 Å². The van der Waals surface area contributed by atoms with E-state index in [0.717, 1.165) is 17.7 Å². The van der Waals surface area contributed by atoms with Crippen molar-refractivity contribution in [1.29, 1.82) is 0 Å². The molecule has 0 bridgehead atoms. The van der Waals surface area contributed by atoms with Gasteiger partial charge in [0.05, 0.1) is 4.90 Å². The predicted molar refractivity (Wildman–Crippen MR) is 112 cm³/mol. The Morgan fingerprint density at radius 3 is 2.11 bits per heavy atom. The topological polar surface area (TPSA) is 66.5 Å². The summed E-state index contributed by atoms with van der Waals surface area (Å²) in [6.45, 7) is 8.96. The molecule has 1 fully saturated rings. The molecule has 0 aliphatic carbocycles. The van der Waals surface area contributed by atoms with Gasteiger partial charge in [0, 0.05) is 24.7 Å². The van der Waals surface area contributed by atoms with Crippen LogP contribution < -0.4 is 9.62 Å². The second-order valence-electron chi connectivity index (χ2n) is 8.36. The molecule has 150 valence electrons. The number of nitrogens with one attached hydrogen (secondary N) is 1. The molecule has 2 aromatic rings. The lowest BCUT2D eigenvalue weighted by atomic mass is 9.86. The molecule has 1 atom stereocenters. The Morgan fingerprint density at radius 1 is 1.00 bits per heavy atom. The van der Waals surface area contributed by atoms with Crippen LogP contribution in [0.1, 0.15) is 57.7 Å². The summed E-state index contributed by atoms with van der Waals surface area (Å²) < 4.78 is 28.2. The van der Waals surface area contributed by atoms with Gasteiger partial charge in [-0.25, -0.2) is 13.1 Å². The number of amides is 1. The molecular weight excluding hydrogens is 372 g/mol. The van der Waals surface area contributed by atoms with Crippen LogP contribution in [0.4, 0.5) is 5.69 Å². The normalized spacial score (nSPS) is 16.4. The Morgan fingerprint density at radius 2 is 1.61 bits per heavy atom. The monoisotopic (exact) mass is 400 g/mol. The Hall–Kier alpha value is -2.18. The SMILES string of the molecule is C[C@H](NS(=O)(=O)c1ccc(N2CCCC2=O)cc1)c1ccc(C(C)(C)C)cc1. The first-order valence-electron chi connectivity index (χ1n) is 9.61. The minimum absolute atomic E-state index is 0.0553. The number of hydrogen-bond acceptors (Lipinski definition) is 3. The number of benzene rings is 2. The number of rotatable bonds is 5. The minimum atomic E-state index is -3.65. The maximum atomic E-state index is 12.7. The van der Waals surface area contributed by atoms with Gasteiger partial charge in [0.15, 0.2) is 0 Å². The Bertz CT molecular complexity index is 943. The molecule has 1 amide bonds. The van der Waals surface area contributed by atoms with Crippen LogP contribution in [0.25, 0.3) is 0 Å². The fraction of sp³-hybridized carbons (Fsp3) is 0.409. The molecule has 1 N–H and O–H groups in total. The van der Waals surface area contributed by atoms with Crippen LogP contribution in [0.3, 0.4) is 0 Å². The molecule has 5 nitrogen and oxygen atoms in total. The van der Waals surface area contributed by atoms with Crippen molar-refractivity contribution in [3.05, 3.63) is 59.7 Å². The van der Waals surface area contributed by atoms with Crippen LogP contribution in [0, 0.1) is 0 Å². The highest BCUT2D eigenvalue weighted by Gasteiger charge is 2.23. The van der Waals surface area contributed by atoms with Gasteiger partial charge in [-0.15, -0.1) is 0 Å². The van der Waals surface area contributed by atoms with Crippen LogP contribution >= 0.6 is 0 Å². The predicted octanol–water partition coefficient (Wildman–Crippen LogP) is 4.15. The van der Waals surface area contributed by atoms with Crippen LogP contribution in [-0.2, 0) is 20.2 Å². The van der Waals surface area contributed by atoms with Crippen molar-refractivity contribution in [3.8, 4) is 0 Å². The molecule has 0 spiro atoms. The molecular formula is C22H28N2O3S. The summed E-state index contributed by atoms with van der Waals surface area (Å²) >= 11 is 0. The van der Waals surface area contributed by atoms with Crippen molar-refractivity contribution < 1.29 is 13.2 Å². The number of carbonyl (C=O) groups excluding carboxylic acids is 1. The molecule has 1 aliphatic rings. The molecule has 28 heavy (non-hydrogen) atoms. The van der Waals surface area contributed by atoms with E-state index in [-0.39, 0.29) is 22.3 Å². The van der Waals surface area contributed by atoms with E-state index in [1.54, 1.807) is 29.2 Å². The quantitative estimate of drug-likeness (QED) is 0.820. The third-order valence-corrected chi connectivity index (χ3v) is 6.70. The highest BCUT2D eigenvalue weighted by Crippen LogP contribution is 2.26. The second kappa shape index (κ2) is 7.68. The van der Waals surface area contributed by atoms with Crippen molar-refractivity contribution in [1.82, 2.24) is 4.72 Å². The number of nitrogens with zero attached hydrogens (tertiary/aromatic N) is 1. The van der Waals surface area contributed by atoms with Crippen molar-refractivity contribution in [3.63, 3.8) is 0 Å². The van der Waals surface area contributed by atoms with E-state index >= 15 is 0 Å². The molecule has 3 rings (SSSR count). The van der Waals surface area contributed by atoms with Gasteiger partial charge in [-0.2, -0.15) is 0 Å². The van der Waals surface area contributed by atoms with Gasteiger partial charge in [0.1, 0.15) is 0 Å². The lowest BCUT2D eigenvalue weighted by Gasteiger charge is -2.21. The van der Waals surface area contributed by atoms with Crippen LogP contribution in [0.15, 0.2) is 53.4 Å². The average molecular weight is 401 g/mol. The highest BCUT2D eigenvalue weighted by molar-refractivity contribution is 7.89. The fourth-order valence-electron chi connectivity index (χ4n) is 3.37. The van der Waals surface area contributed by atoms with Gasteiger partial charge in [-0.3, -0.25) is 4.79 Å². The lowest BCUT2D eigenvalue weighted by molar-refractivity contribution is -0.117. The summed E-state index contributed by atoms with van der Waals surface area (Å²) in [6, 6.07) is 14.2. The maximum Gasteiger partial charge on any atom is 0.241 e. The molecule has 1 aliphatic heterocycles. The van der Waals surface area contributed by atoms with Crippen LogP contribution in [0.2, 0.25) is 0 Å². The van der Waals surface area contributed by atoms with Gasteiger partial charge in [-0.1, -0.05) is 45.0 Å². The molecule has 1 heterocycles. The first kappa shape index (κ1) is 20.6. The summed E-state index contributed by atoms with van der Waals surface area (Å²) in [5.41, 5.74) is 2.92. The molecule has 2 aromatic carbocycles. The lowest BCUT2D eigenvalue weighted by Crippen LogP contribution is -2.27. The first-order valence-corrected chi connectivity index (χ1v) is 11.1. The van der Waals surface area contributed by atoms with Crippen molar-refractivity contribution in [2.45, 2.75) is 56.9 Å². The van der Waals surface area contributed by atoms with Gasteiger partial charge >= 0.3 is 0 Å². The summed E-state index contributed by atoms with van der Waals surface area (Å²) in [5, 5.41) is 0. The zero-order valence-electron chi connectivity index (χ0n) is 16.9. The average Bonchev–Trinajstić information content (AvgIpc) is 3.07. The standard InChI is InChI=1S/C22H28N2O3S/c1-16(17-7-9-18(10-8-17)22(2,3)4)23-28(26,27)20-13-11-19(12-14-20)24-15-5-6-21(24)25/h7-14,16,23H,5-6,15H2,1-4H3/t16-/m0/s1. The van der Waals surface area contributed by atoms with Gasteiger partial charge < -0.3 is 4.90 Å². The number of carbonyl (C=O) groups is 1. The molecule has 0 saturated carbocycles. The summed E-state index contributed by atoms with van der Waals surface area (Å²) in [7, 11) is -3.65. The largest absolute Gasteiger partial charge is 0.312 e. The fourth-order valence-corrected chi connectivity index (χ4v) is 4.60. The van der Waals surface area contributed by atoms with Gasteiger partial charge in [0.25, 0.3) is 0 Å². The highest BCUT2D eigenvalue weighted by atomic mass is 32.2. The molecule has 0 unspecified atom stereocenters. The van der Waals surface area contributed by atoms with Crippen molar-refractivity contribution >= 4 is 21.6 Å². The molecule has 0 aromatic heterocycles. The van der Waals surface area contributed by atoms with Gasteiger partial charge in [0.2, 0.25) is 15.9 Å². The molecule has 6 heteroatoms. The Kier molecular flexibility index (Phi) is 5.64. The van der Waals surface area contributed by atoms with Crippen molar-refractivity contribution in [2.75, 3.05) is 11.4 Å². The van der Waals surface area contributed by atoms with E-state index < -0.39 is 10.0 Å². The third-order valence-electron chi connectivity index (χ3n) is 5.14. The Labute approximate surface area is 167 Å². The van der Waals surface area contributed by atoms with E-state index in [2.05, 4.69) is 25.5 Å². The zero-order chi connectivity index (χ0) is 20.5. The second-order valence-corrected chi connectivity index (χ2v) is 10.1. The number of hydrogen-bond donors (Lipinski definition) is 1. The van der Waals surface area contributed by atoms with E-state index in [1.165, 1.54) is 5.56 Å². The third kappa shape index (κ3) is 4.45. The van der Waals surface area contributed by atoms with E-state index in [1.807, 2.05) is 31.2 Å². The maximum absolute atomic E-state index is 12.7. The Balaban J connectivity index is 1.73. The zero-order valence-corrected chi connectivity index (χ0v) is 17.7. The van der Waals surface area contributed by atoms with E-state index in [4.69, 9.17) is 0 Å². The molecule has 1 saturated heterocycles. The number of anilines is 1. The smallest absolute Gasteiger partial charge is 0.241 e.